The highest BCUT2D eigenvalue weighted by Gasteiger charge is 2.25. The molecule has 1 fully saturated rings. The predicted octanol–water partition coefficient (Wildman–Crippen LogP) is 3.22. The van der Waals surface area contributed by atoms with Crippen molar-refractivity contribution in [2.75, 3.05) is 13.1 Å². The number of aromatic nitrogens is 2. The van der Waals surface area contributed by atoms with E-state index in [2.05, 4.69) is 26.3 Å². The molecular weight excluding hydrogens is 306 g/mol. The van der Waals surface area contributed by atoms with Crippen LogP contribution >= 0.6 is 15.9 Å². The van der Waals surface area contributed by atoms with Crippen LogP contribution in [-0.4, -0.2) is 22.9 Å². The van der Waals surface area contributed by atoms with Gasteiger partial charge in [0.05, 0.1) is 10.2 Å². The van der Waals surface area contributed by atoms with Crippen molar-refractivity contribution < 1.29 is 4.42 Å². The van der Waals surface area contributed by atoms with Gasteiger partial charge in [0.1, 0.15) is 11.5 Å². The normalized spacial score (nSPS) is 17.0. The summed E-state index contributed by atoms with van der Waals surface area (Å²) in [4.78, 5) is 0. The van der Waals surface area contributed by atoms with E-state index in [1.54, 1.807) is 0 Å². The first-order valence-electron chi connectivity index (χ1n) is 6.66. The Hall–Kier alpha value is -1.07. The third-order valence-corrected chi connectivity index (χ3v) is 4.51. The molecule has 4 nitrogen and oxygen atoms in total. The van der Waals surface area contributed by atoms with Gasteiger partial charge >= 0.3 is 0 Å². The van der Waals surface area contributed by atoms with Crippen LogP contribution < -0.4 is 5.32 Å². The SMILES string of the molecule is Cc1ccc(-c2nn(C)c(C3CCNCC3)c2Br)o1. The smallest absolute Gasteiger partial charge is 0.155 e. The quantitative estimate of drug-likeness (QED) is 0.922. The molecule has 5 heteroatoms. The van der Waals surface area contributed by atoms with E-state index in [0.29, 0.717) is 5.92 Å². The molecule has 19 heavy (non-hydrogen) atoms. The summed E-state index contributed by atoms with van der Waals surface area (Å²) in [5.41, 5.74) is 2.19. The molecule has 0 bridgehead atoms. The minimum atomic E-state index is 0.568. The summed E-state index contributed by atoms with van der Waals surface area (Å²) >= 11 is 3.72. The maximum absolute atomic E-state index is 5.69. The number of hydrogen-bond acceptors (Lipinski definition) is 3. The highest BCUT2D eigenvalue weighted by Crippen LogP contribution is 2.37. The molecule has 2 aromatic rings. The highest BCUT2D eigenvalue weighted by molar-refractivity contribution is 9.10. The number of rotatable bonds is 2. The van der Waals surface area contributed by atoms with Crippen molar-refractivity contribution in [1.29, 1.82) is 0 Å². The molecule has 3 heterocycles. The minimum absolute atomic E-state index is 0.568. The van der Waals surface area contributed by atoms with Gasteiger partial charge in [-0.25, -0.2) is 0 Å². The summed E-state index contributed by atoms with van der Waals surface area (Å²) in [6.45, 7) is 4.11. The van der Waals surface area contributed by atoms with Gasteiger partial charge in [-0.15, -0.1) is 0 Å². The molecule has 0 aromatic carbocycles. The zero-order chi connectivity index (χ0) is 13.4. The lowest BCUT2D eigenvalue weighted by atomic mass is 9.94. The average Bonchev–Trinajstić information content (AvgIpc) is 2.95. The van der Waals surface area contributed by atoms with Crippen molar-refractivity contribution >= 4 is 15.9 Å². The Morgan fingerprint density at radius 1 is 1.37 bits per heavy atom. The molecule has 1 aliphatic rings. The number of halogens is 1. The Morgan fingerprint density at radius 2 is 2.11 bits per heavy atom. The second kappa shape index (κ2) is 5.13. The van der Waals surface area contributed by atoms with E-state index in [1.165, 1.54) is 5.69 Å². The predicted molar refractivity (Wildman–Crippen MR) is 78.2 cm³/mol. The summed E-state index contributed by atoms with van der Waals surface area (Å²) in [7, 11) is 2.02. The van der Waals surface area contributed by atoms with Gasteiger partial charge in [-0.2, -0.15) is 5.10 Å². The molecule has 0 amide bonds. The number of aryl methyl sites for hydroxylation is 2. The zero-order valence-electron chi connectivity index (χ0n) is 11.2. The summed E-state index contributed by atoms with van der Waals surface area (Å²) < 4.78 is 8.76. The second-order valence-electron chi connectivity index (χ2n) is 5.11. The average molecular weight is 324 g/mol. The van der Waals surface area contributed by atoms with E-state index in [-0.39, 0.29) is 0 Å². The maximum Gasteiger partial charge on any atom is 0.155 e. The summed E-state index contributed by atoms with van der Waals surface area (Å²) in [5, 5.41) is 8.03. The zero-order valence-corrected chi connectivity index (χ0v) is 12.8. The molecule has 0 aliphatic carbocycles. The van der Waals surface area contributed by atoms with Gasteiger partial charge in [0, 0.05) is 13.0 Å². The van der Waals surface area contributed by atoms with Crippen LogP contribution in [0.2, 0.25) is 0 Å². The summed E-state index contributed by atoms with van der Waals surface area (Å²) in [5.74, 6) is 2.31. The van der Waals surface area contributed by atoms with Gasteiger partial charge in [-0.1, -0.05) is 0 Å². The van der Waals surface area contributed by atoms with Crippen molar-refractivity contribution in [1.82, 2.24) is 15.1 Å². The Morgan fingerprint density at radius 3 is 2.74 bits per heavy atom. The van der Waals surface area contributed by atoms with E-state index >= 15 is 0 Å². The van der Waals surface area contributed by atoms with E-state index < -0.39 is 0 Å². The fourth-order valence-corrected chi connectivity index (χ4v) is 3.62. The number of furan rings is 1. The Bertz CT molecular complexity index is 582. The first kappa shape index (κ1) is 12.9. The van der Waals surface area contributed by atoms with Gasteiger partial charge in [0.15, 0.2) is 5.76 Å². The van der Waals surface area contributed by atoms with Crippen molar-refractivity contribution in [3.8, 4) is 11.5 Å². The van der Waals surface area contributed by atoms with Crippen LogP contribution in [0.4, 0.5) is 0 Å². The Kier molecular flexibility index (Phi) is 3.50. The lowest BCUT2D eigenvalue weighted by molar-refractivity contribution is 0.439. The standard InChI is InChI=1S/C14H18BrN3O/c1-9-3-4-11(19-9)13-12(15)14(18(2)17-13)10-5-7-16-8-6-10/h3-4,10,16H,5-8H2,1-2H3. The molecule has 0 saturated carbocycles. The Labute approximate surface area is 121 Å². The fourth-order valence-electron chi connectivity index (χ4n) is 2.77. The van der Waals surface area contributed by atoms with E-state index in [0.717, 1.165) is 47.6 Å². The molecule has 102 valence electrons. The molecule has 1 saturated heterocycles. The van der Waals surface area contributed by atoms with Crippen molar-refractivity contribution in [2.45, 2.75) is 25.7 Å². The van der Waals surface area contributed by atoms with Crippen molar-refractivity contribution in [3.05, 3.63) is 28.1 Å². The Balaban J connectivity index is 2.00. The largest absolute Gasteiger partial charge is 0.460 e. The molecule has 0 radical (unpaired) electrons. The van der Waals surface area contributed by atoms with E-state index in [4.69, 9.17) is 4.42 Å². The first-order chi connectivity index (χ1) is 9.16. The monoisotopic (exact) mass is 323 g/mol. The number of piperidine rings is 1. The van der Waals surface area contributed by atoms with E-state index in [1.807, 2.05) is 30.8 Å². The van der Waals surface area contributed by atoms with Gasteiger partial charge in [-0.3, -0.25) is 4.68 Å². The molecular formula is C14H18BrN3O. The van der Waals surface area contributed by atoms with Crippen LogP contribution in [0.3, 0.4) is 0 Å². The van der Waals surface area contributed by atoms with Crippen LogP contribution in [-0.2, 0) is 7.05 Å². The first-order valence-corrected chi connectivity index (χ1v) is 7.46. The number of nitrogens with one attached hydrogen (secondary N) is 1. The van der Waals surface area contributed by atoms with Gasteiger partial charge in [0.25, 0.3) is 0 Å². The molecule has 0 atom stereocenters. The van der Waals surface area contributed by atoms with Crippen LogP contribution in [0.25, 0.3) is 11.5 Å². The van der Waals surface area contributed by atoms with E-state index in [9.17, 15) is 0 Å². The lowest BCUT2D eigenvalue weighted by Crippen LogP contribution is -2.27. The maximum atomic E-state index is 5.69. The third-order valence-electron chi connectivity index (χ3n) is 3.73. The van der Waals surface area contributed by atoms with Gasteiger partial charge in [0.2, 0.25) is 0 Å². The van der Waals surface area contributed by atoms with Crippen molar-refractivity contribution in [3.63, 3.8) is 0 Å². The number of hydrogen-bond donors (Lipinski definition) is 1. The molecule has 2 aromatic heterocycles. The van der Waals surface area contributed by atoms with Crippen LogP contribution in [0.5, 0.6) is 0 Å². The van der Waals surface area contributed by atoms with Crippen LogP contribution in [0.1, 0.15) is 30.2 Å². The van der Waals surface area contributed by atoms with Crippen LogP contribution in [0.15, 0.2) is 21.0 Å². The minimum Gasteiger partial charge on any atom is -0.460 e. The molecule has 0 unspecified atom stereocenters. The summed E-state index contributed by atoms with van der Waals surface area (Å²) in [6, 6.07) is 3.95. The molecule has 3 rings (SSSR count). The molecule has 0 spiro atoms. The molecule has 1 aliphatic heterocycles. The van der Waals surface area contributed by atoms with Gasteiger partial charge < -0.3 is 9.73 Å². The third kappa shape index (κ3) is 2.37. The molecule has 1 N–H and O–H groups in total. The topological polar surface area (TPSA) is 43.0 Å². The fraction of sp³-hybridized carbons (Fsp3) is 0.500. The van der Waals surface area contributed by atoms with Gasteiger partial charge in [-0.05, 0) is 60.9 Å². The van der Waals surface area contributed by atoms with Crippen molar-refractivity contribution in [2.24, 2.45) is 7.05 Å². The number of nitrogens with zero attached hydrogens (tertiary/aromatic N) is 2. The highest BCUT2D eigenvalue weighted by atomic mass is 79.9. The lowest BCUT2D eigenvalue weighted by Gasteiger charge is -2.23. The second-order valence-corrected chi connectivity index (χ2v) is 5.90. The van der Waals surface area contributed by atoms with Crippen LogP contribution in [0, 0.1) is 6.92 Å². The summed E-state index contributed by atoms with van der Waals surface area (Å²) in [6.07, 6.45) is 2.32.